The van der Waals surface area contributed by atoms with Gasteiger partial charge in [0.05, 0.1) is 24.2 Å². The van der Waals surface area contributed by atoms with Crippen LogP contribution in [0.3, 0.4) is 0 Å². The Morgan fingerprint density at radius 3 is 2.58 bits per heavy atom. The normalized spacial score (nSPS) is 22.0. The molecule has 3 rings (SSSR count). The van der Waals surface area contributed by atoms with E-state index in [9.17, 15) is 17.6 Å². The predicted octanol–water partition coefficient (Wildman–Crippen LogP) is 0.879. The minimum absolute atomic E-state index is 0.0989. The summed E-state index contributed by atoms with van der Waals surface area (Å²) in [5.74, 6) is -0.407. The van der Waals surface area contributed by atoms with Gasteiger partial charge in [0.2, 0.25) is 0 Å². The molecule has 1 aromatic rings. The second kappa shape index (κ2) is 7.37. The first kappa shape index (κ1) is 18.9. The quantitative estimate of drug-likeness (QED) is 0.694. The molecule has 0 spiro atoms. The van der Waals surface area contributed by atoms with Gasteiger partial charge in [0.15, 0.2) is 0 Å². The van der Waals surface area contributed by atoms with Crippen LogP contribution in [-0.4, -0.2) is 78.1 Å². The van der Waals surface area contributed by atoms with Gasteiger partial charge in [-0.15, -0.1) is 0 Å². The van der Waals surface area contributed by atoms with Gasteiger partial charge in [0.25, 0.3) is 10.1 Å². The highest BCUT2D eigenvalue weighted by Gasteiger charge is 2.33. The van der Waals surface area contributed by atoms with Crippen LogP contribution < -0.4 is 9.80 Å². The molecule has 2 aliphatic heterocycles. The lowest BCUT2D eigenvalue weighted by atomic mass is 10.2. The molecule has 1 atom stereocenters. The Morgan fingerprint density at radius 2 is 1.96 bits per heavy atom. The van der Waals surface area contributed by atoms with Crippen LogP contribution in [0.5, 0.6) is 0 Å². The highest BCUT2D eigenvalue weighted by molar-refractivity contribution is 7.85. The first-order valence-electron chi connectivity index (χ1n) is 8.28. The number of anilines is 2. The minimum atomic E-state index is -3.62. The SMILES string of the molecule is CN1CCN(c2ccc(N3C[C@H](COS(C)(=O)=O)OC3=O)cc2F)CC1. The maximum Gasteiger partial charge on any atom is 0.414 e. The third kappa shape index (κ3) is 4.43. The molecule has 0 aromatic heterocycles. The molecule has 2 aliphatic rings. The van der Waals surface area contributed by atoms with Gasteiger partial charge in [0, 0.05) is 26.2 Å². The fourth-order valence-electron chi connectivity index (χ4n) is 2.99. The number of hydrogen-bond donors (Lipinski definition) is 0. The van der Waals surface area contributed by atoms with Crippen LogP contribution in [0.2, 0.25) is 0 Å². The molecule has 0 saturated carbocycles. The molecular formula is C16H22FN3O5S. The molecule has 8 nitrogen and oxygen atoms in total. The van der Waals surface area contributed by atoms with Crippen molar-refractivity contribution in [2.45, 2.75) is 6.10 Å². The molecular weight excluding hydrogens is 365 g/mol. The Labute approximate surface area is 152 Å². The van der Waals surface area contributed by atoms with Gasteiger partial charge in [-0.2, -0.15) is 8.42 Å². The number of benzene rings is 1. The summed E-state index contributed by atoms with van der Waals surface area (Å²) in [4.78, 5) is 17.4. The highest BCUT2D eigenvalue weighted by Crippen LogP contribution is 2.28. The third-order valence-corrected chi connectivity index (χ3v) is 4.99. The number of likely N-dealkylation sites (N-methyl/N-ethyl adjacent to an activating group) is 1. The molecule has 2 fully saturated rings. The number of amides is 1. The number of cyclic esters (lactones) is 1. The molecule has 0 unspecified atom stereocenters. The van der Waals surface area contributed by atoms with E-state index in [2.05, 4.69) is 9.08 Å². The Hall–Kier alpha value is -1.91. The Balaban J connectivity index is 1.68. The molecule has 26 heavy (non-hydrogen) atoms. The standard InChI is InChI=1S/C16H22FN3O5S/c1-18-5-7-19(8-6-18)15-4-3-12(9-14(15)17)20-10-13(25-16(20)21)11-24-26(2,22)23/h3-4,9,13H,5-8,10-11H2,1-2H3/t13-/m1/s1. The van der Waals surface area contributed by atoms with Crippen molar-refractivity contribution in [3.63, 3.8) is 0 Å². The number of ether oxygens (including phenoxy) is 1. The summed E-state index contributed by atoms with van der Waals surface area (Å²) in [6.07, 6.45) is -0.454. The zero-order chi connectivity index (χ0) is 18.9. The maximum atomic E-state index is 14.6. The minimum Gasteiger partial charge on any atom is -0.441 e. The van der Waals surface area contributed by atoms with Crippen molar-refractivity contribution in [3.8, 4) is 0 Å². The molecule has 0 aliphatic carbocycles. The lowest BCUT2D eigenvalue weighted by Crippen LogP contribution is -2.44. The number of nitrogens with zero attached hydrogens (tertiary/aromatic N) is 3. The lowest BCUT2D eigenvalue weighted by molar-refractivity contribution is 0.107. The van der Waals surface area contributed by atoms with Crippen molar-refractivity contribution >= 4 is 27.6 Å². The van der Waals surface area contributed by atoms with E-state index < -0.39 is 28.1 Å². The van der Waals surface area contributed by atoms with Crippen molar-refractivity contribution in [2.75, 3.05) is 62.4 Å². The van der Waals surface area contributed by atoms with Crippen LogP contribution in [0.1, 0.15) is 0 Å². The van der Waals surface area contributed by atoms with E-state index >= 15 is 0 Å². The Morgan fingerprint density at radius 1 is 1.27 bits per heavy atom. The van der Waals surface area contributed by atoms with Crippen LogP contribution in [-0.2, 0) is 19.0 Å². The van der Waals surface area contributed by atoms with Crippen molar-refractivity contribution in [1.82, 2.24) is 4.90 Å². The summed E-state index contributed by atoms with van der Waals surface area (Å²) in [5.41, 5.74) is 0.874. The van der Waals surface area contributed by atoms with Gasteiger partial charge in [-0.25, -0.2) is 9.18 Å². The summed E-state index contributed by atoms with van der Waals surface area (Å²) in [5, 5.41) is 0. The molecule has 10 heteroatoms. The fourth-order valence-corrected chi connectivity index (χ4v) is 3.39. The van der Waals surface area contributed by atoms with E-state index in [-0.39, 0.29) is 13.2 Å². The first-order valence-corrected chi connectivity index (χ1v) is 10.1. The second-order valence-corrected chi connectivity index (χ2v) is 8.18. The largest absolute Gasteiger partial charge is 0.441 e. The zero-order valence-corrected chi connectivity index (χ0v) is 15.5. The van der Waals surface area contributed by atoms with Crippen LogP contribution >= 0.6 is 0 Å². The highest BCUT2D eigenvalue weighted by atomic mass is 32.2. The van der Waals surface area contributed by atoms with Crippen LogP contribution in [0, 0.1) is 5.82 Å². The summed E-state index contributed by atoms with van der Waals surface area (Å²) in [6, 6.07) is 4.62. The molecule has 2 heterocycles. The van der Waals surface area contributed by atoms with Gasteiger partial charge in [-0.1, -0.05) is 0 Å². The van der Waals surface area contributed by atoms with Crippen LogP contribution in [0.25, 0.3) is 0 Å². The van der Waals surface area contributed by atoms with E-state index in [4.69, 9.17) is 4.74 Å². The number of rotatable bonds is 5. The molecule has 2 saturated heterocycles. The van der Waals surface area contributed by atoms with E-state index in [1.807, 2.05) is 11.9 Å². The van der Waals surface area contributed by atoms with Gasteiger partial charge in [-0.3, -0.25) is 9.08 Å². The first-order chi connectivity index (χ1) is 12.2. The Kier molecular flexibility index (Phi) is 5.35. The average molecular weight is 387 g/mol. The average Bonchev–Trinajstić information content (AvgIpc) is 2.94. The molecule has 0 radical (unpaired) electrons. The number of carbonyl (C=O) groups excluding carboxylic acids is 1. The maximum absolute atomic E-state index is 14.6. The second-order valence-electron chi connectivity index (χ2n) is 6.53. The van der Waals surface area contributed by atoms with Crippen molar-refractivity contribution < 1.29 is 26.5 Å². The molecule has 1 amide bonds. The monoisotopic (exact) mass is 387 g/mol. The van der Waals surface area contributed by atoms with Crippen LogP contribution in [0.4, 0.5) is 20.6 Å². The summed E-state index contributed by atoms with van der Waals surface area (Å²) >= 11 is 0. The third-order valence-electron chi connectivity index (χ3n) is 4.43. The van der Waals surface area contributed by atoms with E-state index in [1.54, 1.807) is 12.1 Å². The smallest absolute Gasteiger partial charge is 0.414 e. The molecule has 144 valence electrons. The zero-order valence-electron chi connectivity index (χ0n) is 14.7. The molecule has 0 N–H and O–H groups in total. The topological polar surface area (TPSA) is 79.4 Å². The van der Waals surface area contributed by atoms with Gasteiger partial charge in [0.1, 0.15) is 18.5 Å². The van der Waals surface area contributed by atoms with E-state index in [0.717, 1.165) is 32.4 Å². The van der Waals surface area contributed by atoms with Crippen LogP contribution in [0.15, 0.2) is 18.2 Å². The lowest BCUT2D eigenvalue weighted by Gasteiger charge is -2.34. The van der Waals surface area contributed by atoms with Gasteiger partial charge < -0.3 is 14.5 Å². The summed E-state index contributed by atoms with van der Waals surface area (Å²) in [7, 11) is -1.59. The number of hydrogen-bond acceptors (Lipinski definition) is 7. The van der Waals surface area contributed by atoms with Gasteiger partial charge in [-0.05, 0) is 25.2 Å². The summed E-state index contributed by atoms with van der Waals surface area (Å²) < 4.78 is 46.4. The molecule has 1 aromatic carbocycles. The predicted molar refractivity (Wildman–Crippen MR) is 94.5 cm³/mol. The van der Waals surface area contributed by atoms with E-state index in [1.165, 1.54) is 11.0 Å². The van der Waals surface area contributed by atoms with Gasteiger partial charge >= 0.3 is 6.09 Å². The summed E-state index contributed by atoms with van der Waals surface area (Å²) in [6.45, 7) is 3.04. The fraction of sp³-hybridized carbons (Fsp3) is 0.562. The van der Waals surface area contributed by atoms with E-state index in [0.29, 0.717) is 11.4 Å². The van der Waals surface area contributed by atoms with Crippen molar-refractivity contribution in [1.29, 1.82) is 0 Å². The number of carbonyl (C=O) groups is 1. The Bertz CT molecular complexity index is 780. The number of piperazine rings is 1. The van der Waals surface area contributed by atoms with Crippen molar-refractivity contribution in [2.24, 2.45) is 0 Å². The molecule has 0 bridgehead atoms. The van der Waals surface area contributed by atoms with Crippen molar-refractivity contribution in [3.05, 3.63) is 24.0 Å². The number of halogens is 1.